The van der Waals surface area contributed by atoms with E-state index in [2.05, 4.69) is 5.10 Å². The Balaban J connectivity index is 2.13. The van der Waals surface area contributed by atoms with Crippen molar-refractivity contribution in [2.75, 3.05) is 6.61 Å². The highest BCUT2D eigenvalue weighted by atomic mass is 35.5. The lowest BCUT2D eigenvalue weighted by molar-refractivity contribution is -0.144. The fourth-order valence-corrected chi connectivity index (χ4v) is 1.80. The highest BCUT2D eigenvalue weighted by molar-refractivity contribution is 6.30. The van der Waals surface area contributed by atoms with Gasteiger partial charge in [-0.05, 0) is 24.6 Å². The van der Waals surface area contributed by atoms with Gasteiger partial charge in [-0.2, -0.15) is 5.10 Å². The largest absolute Gasteiger partial charge is 0.465 e. The zero-order chi connectivity index (χ0) is 13.0. The summed E-state index contributed by atoms with van der Waals surface area (Å²) in [5.74, 6) is -0.293. The molecule has 0 fully saturated rings. The average Bonchev–Trinajstić information content (AvgIpc) is 2.78. The first-order valence-corrected chi connectivity index (χ1v) is 6.01. The summed E-state index contributed by atoms with van der Waals surface area (Å²) in [6.07, 6.45) is 3.49. The van der Waals surface area contributed by atoms with E-state index in [1.54, 1.807) is 24.0 Å². The van der Waals surface area contributed by atoms with E-state index >= 15 is 0 Å². The SMILES string of the molecule is CCOC(=O)Cn1cc(-c2cccc(Cl)c2)cn1. The number of rotatable bonds is 4. The lowest BCUT2D eigenvalue weighted by Gasteiger charge is -2.01. The molecule has 0 atom stereocenters. The Bertz CT molecular complexity index is 551. The molecule has 1 aromatic heterocycles. The summed E-state index contributed by atoms with van der Waals surface area (Å²) >= 11 is 5.93. The number of carbonyl (C=O) groups excluding carboxylic acids is 1. The van der Waals surface area contributed by atoms with Crippen LogP contribution < -0.4 is 0 Å². The standard InChI is InChI=1S/C13H13ClN2O2/c1-2-18-13(17)9-16-8-11(7-15-16)10-4-3-5-12(14)6-10/h3-8H,2,9H2,1H3. The summed E-state index contributed by atoms with van der Waals surface area (Å²) in [7, 11) is 0. The minimum Gasteiger partial charge on any atom is -0.465 e. The van der Waals surface area contributed by atoms with Crippen LogP contribution in [0.3, 0.4) is 0 Å². The third-order valence-corrected chi connectivity index (χ3v) is 2.62. The lowest BCUT2D eigenvalue weighted by Crippen LogP contribution is -2.13. The molecular formula is C13H13ClN2O2. The van der Waals surface area contributed by atoms with Crippen molar-refractivity contribution in [3.05, 3.63) is 41.7 Å². The van der Waals surface area contributed by atoms with E-state index in [0.717, 1.165) is 11.1 Å². The Morgan fingerprint density at radius 3 is 3.00 bits per heavy atom. The molecule has 4 nitrogen and oxygen atoms in total. The van der Waals surface area contributed by atoms with Gasteiger partial charge in [-0.3, -0.25) is 9.48 Å². The molecule has 94 valence electrons. The van der Waals surface area contributed by atoms with Gasteiger partial charge in [0.1, 0.15) is 6.54 Å². The number of aromatic nitrogens is 2. The molecule has 1 heterocycles. The smallest absolute Gasteiger partial charge is 0.327 e. The Morgan fingerprint density at radius 1 is 1.44 bits per heavy atom. The fourth-order valence-electron chi connectivity index (χ4n) is 1.61. The average molecular weight is 265 g/mol. The van der Waals surface area contributed by atoms with Gasteiger partial charge in [-0.15, -0.1) is 0 Å². The van der Waals surface area contributed by atoms with E-state index in [4.69, 9.17) is 16.3 Å². The summed E-state index contributed by atoms with van der Waals surface area (Å²) in [6, 6.07) is 7.49. The van der Waals surface area contributed by atoms with Gasteiger partial charge in [-0.1, -0.05) is 23.7 Å². The van der Waals surface area contributed by atoms with Gasteiger partial charge in [0, 0.05) is 16.8 Å². The van der Waals surface area contributed by atoms with Crippen molar-refractivity contribution in [2.24, 2.45) is 0 Å². The number of hydrogen-bond acceptors (Lipinski definition) is 3. The predicted molar refractivity (Wildman–Crippen MR) is 69.3 cm³/mol. The van der Waals surface area contributed by atoms with Gasteiger partial charge < -0.3 is 4.74 Å². The molecule has 0 aliphatic heterocycles. The maximum absolute atomic E-state index is 11.3. The molecule has 0 spiro atoms. The maximum Gasteiger partial charge on any atom is 0.327 e. The molecule has 2 aromatic rings. The van der Waals surface area contributed by atoms with Gasteiger partial charge in [0.15, 0.2) is 0 Å². The second-order valence-corrected chi connectivity index (χ2v) is 4.18. The van der Waals surface area contributed by atoms with Crippen LogP contribution in [0.1, 0.15) is 6.92 Å². The van der Waals surface area contributed by atoms with E-state index in [9.17, 15) is 4.79 Å². The van der Waals surface area contributed by atoms with E-state index < -0.39 is 0 Å². The van der Waals surface area contributed by atoms with Gasteiger partial charge in [0.25, 0.3) is 0 Å². The van der Waals surface area contributed by atoms with Gasteiger partial charge in [0.2, 0.25) is 0 Å². The molecule has 18 heavy (non-hydrogen) atoms. The number of nitrogens with zero attached hydrogens (tertiary/aromatic N) is 2. The third kappa shape index (κ3) is 3.11. The Hall–Kier alpha value is -1.81. The Kier molecular flexibility index (Phi) is 3.99. The molecule has 1 aromatic carbocycles. The minimum atomic E-state index is -0.293. The van der Waals surface area contributed by atoms with Gasteiger partial charge in [-0.25, -0.2) is 0 Å². The van der Waals surface area contributed by atoms with Gasteiger partial charge in [0.05, 0.1) is 12.8 Å². The van der Waals surface area contributed by atoms with Crippen molar-refractivity contribution < 1.29 is 9.53 Å². The first-order valence-electron chi connectivity index (χ1n) is 5.63. The maximum atomic E-state index is 11.3. The number of ether oxygens (including phenoxy) is 1. The fraction of sp³-hybridized carbons (Fsp3) is 0.231. The molecular weight excluding hydrogens is 252 g/mol. The normalized spacial score (nSPS) is 10.3. The molecule has 0 N–H and O–H groups in total. The summed E-state index contributed by atoms with van der Waals surface area (Å²) in [5.41, 5.74) is 1.89. The molecule has 0 amide bonds. The van der Waals surface area contributed by atoms with Crippen molar-refractivity contribution in [1.29, 1.82) is 0 Å². The molecule has 0 saturated carbocycles. The number of halogens is 1. The molecule has 0 radical (unpaired) electrons. The van der Waals surface area contributed by atoms with Crippen LogP contribution in [0.5, 0.6) is 0 Å². The Labute approximate surface area is 110 Å². The van der Waals surface area contributed by atoms with Crippen LogP contribution in [-0.4, -0.2) is 22.4 Å². The molecule has 0 saturated heterocycles. The van der Waals surface area contributed by atoms with E-state index in [1.807, 2.05) is 24.3 Å². The minimum absolute atomic E-state index is 0.119. The molecule has 0 unspecified atom stereocenters. The zero-order valence-corrected chi connectivity index (χ0v) is 10.7. The number of esters is 1. The van der Waals surface area contributed by atoms with Crippen LogP contribution in [0, 0.1) is 0 Å². The van der Waals surface area contributed by atoms with Crippen molar-refractivity contribution in [3.8, 4) is 11.1 Å². The summed E-state index contributed by atoms with van der Waals surface area (Å²) in [6.45, 7) is 2.27. The highest BCUT2D eigenvalue weighted by Gasteiger charge is 2.06. The molecule has 2 rings (SSSR count). The molecule has 0 aliphatic rings. The van der Waals surface area contributed by atoms with E-state index in [-0.39, 0.29) is 12.5 Å². The lowest BCUT2D eigenvalue weighted by atomic mass is 10.1. The van der Waals surface area contributed by atoms with Crippen LogP contribution in [0.2, 0.25) is 5.02 Å². The Morgan fingerprint density at radius 2 is 2.28 bits per heavy atom. The number of benzene rings is 1. The van der Waals surface area contributed by atoms with E-state index in [1.165, 1.54) is 0 Å². The summed E-state index contributed by atoms with van der Waals surface area (Å²) < 4.78 is 6.41. The van der Waals surface area contributed by atoms with Crippen LogP contribution in [0.15, 0.2) is 36.7 Å². The van der Waals surface area contributed by atoms with E-state index in [0.29, 0.717) is 11.6 Å². The van der Waals surface area contributed by atoms with Crippen molar-refractivity contribution in [1.82, 2.24) is 9.78 Å². The predicted octanol–water partition coefficient (Wildman–Crippen LogP) is 2.77. The zero-order valence-electron chi connectivity index (χ0n) is 9.97. The molecule has 0 aliphatic carbocycles. The van der Waals surface area contributed by atoms with Crippen LogP contribution in [0.25, 0.3) is 11.1 Å². The highest BCUT2D eigenvalue weighted by Crippen LogP contribution is 2.21. The topological polar surface area (TPSA) is 44.1 Å². The van der Waals surface area contributed by atoms with Gasteiger partial charge >= 0.3 is 5.97 Å². The summed E-state index contributed by atoms with van der Waals surface area (Å²) in [5, 5.41) is 4.79. The second kappa shape index (κ2) is 5.69. The van der Waals surface area contributed by atoms with Crippen molar-refractivity contribution >= 4 is 17.6 Å². The number of carbonyl (C=O) groups is 1. The third-order valence-electron chi connectivity index (χ3n) is 2.39. The van der Waals surface area contributed by atoms with Crippen molar-refractivity contribution in [3.63, 3.8) is 0 Å². The second-order valence-electron chi connectivity index (χ2n) is 3.74. The molecule has 5 heteroatoms. The van der Waals surface area contributed by atoms with Crippen LogP contribution in [0.4, 0.5) is 0 Å². The van der Waals surface area contributed by atoms with Crippen LogP contribution in [-0.2, 0) is 16.1 Å². The first-order chi connectivity index (χ1) is 8.69. The number of hydrogen-bond donors (Lipinski definition) is 0. The van der Waals surface area contributed by atoms with Crippen LogP contribution >= 0.6 is 11.6 Å². The summed E-state index contributed by atoms with van der Waals surface area (Å²) in [4.78, 5) is 11.3. The first kappa shape index (κ1) is 12.6. The molecule has 0 bridgehead atoms. The monoisotopic (exact) mass is 264 g/mol. The van der Waals surface area contributed by atoms with Crippen molar-refractivity contribution in [2.45, 2.75) is 13.5 Å². The quantitative estimate of drug-likeness (QED) is 0.798.